The maximum Gasteiger partial charge on any atom is 0.328 e. The summed E-state index contributed by atoms with van der Waals surface area (Å²) in [5.74, 6) is -0.417. The first-order chi connectivity index (χ1) is 9.72. The topological polar surface area (TPSA) is 69.8 Å². The van der Waals surface area contributed by atoms with Crippen LogP contribution in [-0.2, 0) is 16.1 Å². The Bertz CT molecular complexity index is 492. The van der Waals surface area contributed by atoms with E-state index in [-0.39, 0.29) is 37.7 Å². The fourth-order valence-corrected chi connectivity index (χ4v) is 3.29. The minimum absolute atomic E-state index is 0.0181. The first kappa shape index (κ1) is 13.5. The molecule has 1 aromatic rings. The third-order valence-corrected chi connectivity index (χ3v) is 4.49. The zero-order valence-electron chi connectivity index (χ0n) is 11.2. The Labute approximate surface area is 117 Å². The standard InChI is InChI=1S/C15H19NO4/c17-7-12-6-13(8-18)16-10-15(12,16)14(19)20-9-11-4-2-1-3-5-11/h1-5,12-13,17-18H,6-10H2/t12-,13+,15+,16?/m1/s1. The second-order valence-corrected chi connectivity index (χ2v) is 5.57. The quantitative estimate of drug-likeness (QED) is 0.592. The lowest BCUT2D eigenvalue weighted by Gasteiger charge is -2.18. The minimum atomic E-state index is -0.697. The van der Waals surface area contributed by atoms with E-state index in [1.807, 2.05) is 35.2 Å². The van der Waals surface area contributed by atoms with Crippen molar-refractivity contribution in [1.82, 2.24) is 4.90 Å². The van der Waals surface area contributed by atoms with E-state index in [1.54, 1.807) is 0 Å². The van der Waals surface area contributed by atoms with Gasteiger partial charge in [-0.25, -0.2) is 4.79 Å². The first-order valence-corrected chi connectivity index (χ1v) is 6.92. The summed E-state index contributed by atoms with van der Waals surface area (Å²) in [5.41, 5.74) is 0.249. The predicted octanol–water partition coefficient (Wildman–Crippen LogP) is 0.157. The van der Waals surface area contributed by atoms with Crippen molar-refractivity contribution in [2.75, 3.05) is 19.8 Å². The van der Waals surface area contributed by atoms with E-state index in [1.165, 1.54) is 0 Å². The molecule has 0 bridgehead atoms. The number of ether oxygens (including phenoxy) is 1. The fraction of sp³-hybridized carbons (Fsp3) is 0.533. The third kappa shape index (κ3) is 2.02. The zero-order chi connectivity index (χ0) is 14.2. The number of hydrogen-bond donors (Lipinski definition) is 2. The van der Waals surface area contributed by atoms with Gasteiger partial charge in [0.15, 0.2) is 0 Å². The molecule has 2 aliphatic heterocycles. The Balaban J connectivity index is 1.66. The number of hydrogen-bond acceptors (Lipinski definition) is 5. The molecule has 1 aromatic carbocycles. The van der Waals surface area contributed by atoms with E-state index in [2.05, 4.69) is 0 Å². The van der Waals surface area contributed by atoms with Crippen LogP contribution < -0.4 is 0 Å². The highest BCUT2D eigenvalue weighted by atomic mass is 16.5. The number of rotatable bonds is 5. The number of fused-ring (bicyclic) bond motifs is 1. The van der Waals surface area contributed by atoms with E-state index in [0.717, 1.165) is 5.56 Å². The van der Waals surface area contributed by atoms with Gasteiger partial charge in [-0.3, -0.25) is 4.90 Å². The van der Waals surface area contributed by atoms with Gasteiger partial charge in [-0.05, 0) is 12.0 Å². The third-order valence-electron chi connectivity index (χ3n) is 4.49. The highest BCUT2D eigenvalue weighted by molar-refractivity contribution is 5.86. The van der Waals surface area contributed by atoms with Gasteiger partial charge in [0, 0.05) is 25.1 Å². The van der Waals surface area contributed by atoms with Crippen LogP contribution in [0.5, 0.6) is 0 Å². The molecule has 0 aliphatic carbocycles. The molecule has 2 fully saturated rings. The summed E-state index contributed by atoms with van der Waals surface area (Å²) in [4.78, 5) is 14.3. The van der Waals surface area contributed by atoms with E-state index in [9.17, 15) is 15.0 Å². The number of nitrogens with zero attached hydrogens (tertiary/aromatic N) is 1. The number of carbonyl (C=O) groups excluding carboxylic acids is 1. The van der Waals surface area contributed by atoms with Gasteiger partial charge >= 0.3 is 5.97 Å². The number of aliphatic hydroxyl groups excluding tert-OH is 2. The van der Waals surface area contributed by atoms with Gasteiger partial charge in [0.25, 0.3) is 0 Å². The van der Waals surface area contributed by atoms with Gasteiger partial charge in [0.2, 0.25) is 0 Å². The lowest BCUT2D eigenvalue weighted by atomic mass is 9.90. The first-order valence-electron chi connectivity index (χ1n) is 6.92. The molecule has 4 atom stereocenters. The molecule has 108 valence electrons. The normalized spacial score (nSPS) is 34.6. The molecular weight excluding hydrogens is 258 g/mol. The lowest BCUT2D eigenvalue weighted by Crippen LogP contribution is -2.36. The molecule has 1 unspecified atom stereocenters. The summed E-state index contributed by atoms with van der Waals surface area (Å²) in [7, 11) is 0. The second-order valence-electron chi connectivity index (χ2n) is 5.57. The second kappa shape index (κ2) is 5.16. The Morgan fingerprint density at radius 1 is 1.30 bits per heavy atom. The van der Waals surface area contributed by atoms with E-state index < -0.39 is 5.54 Å². The highest BCUT2D eigenvalue weighted by Gasteiger charge is 2.70. The number of benzene rings is 1. The SMILES string of the molecule is O=C(OCc1ccccc1)[C@@]12CN1[C@H](CO)C[C@@H]2CO. The number of aliphatic hydroxyl groups is 2. The average Bonchev–Trinajstić information content (AvgIpc) is 3.17. The van der Waals surface area contributed by atoms with E-state index in [4.69, 9.17) is 4.74 Å². The number of piperidine rings is 1. The molecule has 0 aromatic heterocycles. The largest absolute Gasteiger partial charge is 0.459 e. The molecule has 0 radical (unpaired) electrons. The predicted molar refractivity (Wildman–Crippen MR) is 71.7 cm³/mol. The van der Waals surface area contributed by atoms with Crippen LogP contribution in [0.2, 0.25) is 0 Å². The van der Waals surface area contributed by atoms with Crippen LogP contribution in [0, 0.1) is 5.92 Å². The zero-order valence-corrected chi connectivity index (χ0v) is 11.2. The molecule has 2 N–H and O–H groups in total. The molecule has 20 heavy (non-hydrogen) atoms. The van der Waals surface area contributed by atoms with Gasteiger partial charge in [-0.15, -0.1) is 0 Å². The molecule has 0 spiro atoms. The molecule has 5 nitrogen and oxygen atoms in total. The summed E-state index contributed by atoms with van der Waals surface area (Å²) >= 11 is 0. The summed E-state index contributed by atoms with van der Waals surface area (Å²) in [6.07, 6.45) is 0.646. The van der Waals surface area contributed by atoms with Crippen molar-refractivity contribution in [2.24, 2.45) is 5.92 Å². The molecule has 5 heteroatoms. The summed E-state index contributed by atoms with van der Waals surface area (Å²) in [6, 6.07) is 9.50. The van der Waals surface area contributed by atoms with Crippen LogP contribution >= 0.6 is 0 Å². The van der Waals surface area contributed by atoms with E-state index >= 15 is 0 Å². The van der Waals surface area contributed by atoms with Crippen LogP contribution in [0.4, 0.5) is 0 Å². The fourth-order valence-electron chi connectivity index (χ4n) is 3.29. The van der Waals surface area contributed by atoms with Gasteiger partial charge in [-0.2, -0.15) is 0 Å². The summed E-state index contributed by atoms with van der Waals surface area (Å²) in [5, 5.41) is 18.8. The van der Waals surface area contributed by atoms with Crippen molar-refractivity contribution in [2.45, 2.75) is 24.6 Å². The van der Waals surface area contributed by atoms with Crippen molar-refractivity contribution in [1.29, 1.82) is 0 Å². The molecule has 0 amide bonds. The van der Waals surface area contributed by atoms with Crippen LogP contribution in [0.3, 0.4) is 0 Å². The monoisotopic (exact) mass is 277 g/mol. The van der Waals surface area contributed by atoms with Gasteiger partial charge in [0.1, 0.15) is 12.1 Å². The van der Waals surface area contributed by atoms with Crippen molar-refractivity contribution >= 4 is 5.97 Å². The van der Waals surface area contributed by atoms with Crippen LogP contribution in [0.25, 0.3) is 0 Å². The van der Waals surface area contributed by atoms with Gasteiger partial charge in [0.05, 0.1) is 6.61 Å². The molecule has 3 rings (SSSR count). The molecule has 2 heterocycles. The Morgan fingerprint density at radius 2 is 2.05 bits per heavy atom. The van der Waals surface area contributed by atoms with Crippen LogP contribution in [0.1, 0.15) is 12.0 Å². The maximum atomic E-state index is 12.4. The van der Waals surface area contributed by atoms with Crippen molar-refractivity contribution in [3.8, 4) is 0 Å². The maximum absolute atomic E-state index is 12.4. The minimum Gasteiger partial charge on any atom is -0.459 e. The summed E-state index contributed by atoms with van der Waals surface area (Å²) < 4.78 is 5.41. The molecule has 2 aliphatic rings. The highest BCUT2D eigenvalue weighted by Crippen LogP contribution is 2.51. The average molecular weight is 277 g/mol. The van der Waals surface area contributed by atoms with Gasteiger partial charge in [-0.1, -0.05) is 30.3 Å². The van der Waals surface area contributed by atoms with E-state index in [0.29, 0.717) is 13.0 Å². The molecule has 0 saturated carbocycles. The van der Waals surface area contributed by atoms with Crippen molar-refractivity contribution in [3.63, 3.8) is 0 Å². The Hall–Kier alpha value is -1.43. The number of esters is 1. The van der Waals surface area contributed by atoms with Crippen molar-refractivity contribution in [3.05, 3.63) is 35.9 Å². The smallest absolute Gasteiger partial charge is 0.328 e. The number of carbonyl (C=O) groups is 1. The Morgan fingerprint density at radius 3 is 2.70 bits per heavy atom. The van der Waals surface area contributed by atoms with Crippen molar-refractivity contribution < 1.29 is 19.7 Å². The van der Waals surface area contributed by atoms with Gasteiger partial charge < -0.3 is 14.9 Å². The summed E-state index contributed by atoms with van der Waals surface area (Å²) in [6.45, 7) is 0.798. The molecule has 2 saturated heterocycles. The van der Waals surface area contributed by atoms with Crippen LogP contribution in [0.15, 0.2) is 30.3 Å². The lowest BCUT2D eigenvalue weighted by molar-refractivity contribution is -0.150. The Kier molecular flexibility index (Phi) is 3.50. The molecular formula is C15H19NO4. The van der Waals surface area contributed by atoms with Crippen LogP contribution in [-0.4, -0.2) is 52.4 Å².